The normalized spacial score (nSPS) is 12.9. The van der Waals surface area contributed by atoms with Gasteiger partial charge in [-0.2, -0.15) is 4.98 Å². The highest BCUT2D eigenvalue weighted by molar-refractivity contribution is 7.09. The average Bonchev–Trinajstić information content (AvgIpc) is 2.86. The average molecular weight is 259 g/mol. The van der Waals surface area contributed by atoms with Crippen molar-refractivity contribution >= 4 is 23.1 Å². The van der Waals surface area contributed by atoms with Gasteiger partial charge in [0, 0.05) is 0 Å². The van der Waals surface area contributed by atoms with Gasteiger partial charge in [-0.05, 0) is 24.9 Å². The summed E-state index contributed by atoms with van der Waals surface area (Å²) in [7, 11) is 0. The lowest BCUT2D eigenvalue weighted by Crippen LogP contribution is -1.92. The Labute approximate surface area is 102 Å². The molecule has 0 radical (unpaired) electrons. The molecule has 1 atom stereocenters. The Hall–Kier alpha value is -1.01. The lowest BCUT2D eigenvalue weighted by molar-refractivity contribution is 0.421. The van der Waals surface area contributed by atoms with E-state index in [0.29, 0.717) is 11.7 Å². The summed E-state index contributed by atoms with van der Waals surface area (Å²) in [6.07, 6.45) is 1.82. The van der Waals surface area contributed by atoms with Crippen LogP contribution < -0.4 is 0 Å². The smallest absolute Gasteiger partial charge is 0.271 e. The number of hydrogen-bond acceptors (Lipinski definition) is 6. The molecule has 0 bridgehead atoms. The molecule has 2 heterocycles. The minimum Gasteiger partial charge on any atom is -0.333 e. The molecule has 0 aliphatic rings. The van der Waals surface area contributed by atoms with Crippen molar-refractivity contribution in [3.05, 3.63) is 11.5 Å². The van der Waals surface area contributed by atoms with Crippen LogP contribution >= 0.6 is 23.1 Å². The zero-order chi connectivity index (χ0) is 11.5. The van der Waals surface area contributed by atoms with Gasteiger partial charge in [0.05, 0.1) is 11.1 Å². The van der Waals surface area contributed by atoms with E-state index in [4.69, 9.17) is 16.1 Å². The highest BCUT2D eigenvalue weighted by Crippen LogP contribution is 2.28. The van der Waals surface area contributed by atoms with Gasteiger partial charge in [0.1, 0.15) is 4.88 Å². The molecule has 0 spiro atoms. The van der Waals surface area contributed by atoms with Gasteiger partial charge < -0.3 is 4.52 Å². The van der Waals surface area contributed by atoms with E-state index in [1.165, 1.54) is 11.5 Å². The minimum atomic E-state index is -0.191. The molecule has 0 fully saturated rings. The number of nitrogens with zero attached hydrogens (tertiary/aromatic N) is 4. The quantitative estimate of drug-likeness (QED) is 0.789. The topological polar surface area (TPSA) is 64.7 Å². The van der Waals surface area contributed by atoms with E-state index in [0.717, 1.165) is 23.4 Å². The maximum atomic E-state index is 6.11. The molecule has 7 heteroatoms. The van der Waals surface area contributed by atoms with Crippen LogP contribution in [0.2, 0.25) is 0 Å². The Kier molecular flexibility index (Phi) is 3.50. The number of hydrogen-bond donors (Lipinski definition) is 0. The van der Waals surface area contributed by atoms with Gasteiger partial charge in [-0.15, -0.1) is 16.7 Å². The third-order valence-corrected chi connectivity index (χ3v) is 3.34. The molecule has 16 heavy (non-hydrogen) atoms. The van der Waals surface area contributed by atoms with Crippen molar-refractivity contribution in [3.8, 4) is 10.8 Å². The van der Waals surface area contributed by atoms with Crippen molar-refractivity contribution in [1.82, 2.24) is 19.7 Å². The summed E-state index contributed by atoms with van der Waals surface area (Å²) in [4.78, 5) is 5.06. The van der Waals surface area contributed by atoms with Gasteiger partial charge in [-0.25, -0.2) is 0 Å². The van der Waals surface area contributed by atoms with Crippen LogP contribution in [-0.4, -0.2) is 19.7 Å². The molecule has 0 N–H and O–H groups in total. The number of alkyl halides is 1. The van der Waals surface area contributed by atoms with Crippen molar-refractivity contribution in [2.45, 2.75) is 32.1 Å². The molecule has 0 aliphatic carbocycles. The Bertz CT molecular complexity index is 470. The highest BCUT2D eigenvalue weighted by atomic mass is 35.5. The van der Waals surface area contributed by atoms with Gasteiger partial charge in [-0.1, -0.05) is 23.0 Å². The molecule has 0 amide bonds. The molecule has 5 nitrogen and oxygen atoms in total. The predicted octanol–water partition coefficient (Wildman–Crippen LogP) is 2.98. The molecule has 86 valence electrons. The molecular weight excluding hydrogens is 248 g/mol. The molecular formula is C9H11ClN4OS. The standard InChI is InChI=1S/C9H11ClN4OS/c1-3-4-6(10)8-11-9(15-13-8)7-5(2)12-14-16-7/h6H,3-4H2,1-2H3. The van der Waals surface area contributed by atoms with E-state index in [1.807, 2.05) is 6.92 Å². The maximum Gasteiger partial charge on any atom is 0.271 e. The summed E-state index contributed by atoms with van der Waals surface area (Å²) in [6.45, 7) is 3.92. The van der Waals surface area contributed by atoms with E-state index in [2.05, 4.69) is 26.7 Å². The number of halogens is 1. The summed E-state index contributed by atoms with van der Waals surface area (Å²) in [5.41, 5.74) is 0.793. The molecule has 0 aromatic carbocycles. The summed E-state index contributed by atoms with van der Waals surface area (Å²) in [5, 5.41) is 7.57. The summed E-state index contributed by atoms with van der Waals surface area (Å²) in [5.74, 6) is 0.982. The zero-order valence-corrected chi connectivity index (χ0v) is 10.5. The third kappa shape index (κ3) is 2.22. The molecule has 2 aromatic heterocycles. The molecule has 0 saturated heterocycles. The largest absolute Gasteiger partial charge is 0.333 e. The van der Waals surface area contributed by atoms with Crippen LogP contribution in [-0.2, 0) is 0 Å². The van der Waals surface area contributed by atoms with Crippen molar-refractivity contribution in [2.75, 3.05) is 0 Å². The van der Waals surface area contributed by atoms with Gasteiger partial charge in [-0.3, -0.25) is 0 Å². The van der Waals surface area contributed by atoms with Crippen LogP contribution in [0.25, 0.3) is 10.8 Å². The van der Waals surface area contributed by atoms with Crippen LogP contribution in [0.15, 0.2) is 4.52 Å². The van der Waals surface area contributed by atoms with E-state index in [9.17, 15) is 0 Å². The lowest BCUT2D eigenvalue weighted by atomic mass is 10.2. The van der Waals surface area contributed by atoms with Crippen molar-refractivity contribution in [3.63, 3.8) is 0 Å². The van der Waals surface area contributed by atoms with E-state index >= 15 is 0 Å². The third-order valence-electron chi connectivity index (χ3n) is 2.11. The SMILES string of the molecule is CCCC(Cl)c1noc(-c2snnc2C)n1. The fourth-order valence-corrected chi connectivity index (χ4v) is 2.15. The first-order chi connectivity index (χ1) is 7.72. The summed E-state index contributed by atoms with van der Waals surface area (Å²) in [6, 6.07) is 0. The predicted molar refractivity (Wildman–Crippen MR) is 61.4 cm³/mol. The van der Waals surface area contributed by atoms with Crippen LogP contribution in [0.1, 0.15) is 36.7 Å². The first-order valence-electron chi connectivity index (χ1n) is 4.99. The first kappa shape index (κ1) is 11.5. The first-order valence-corrected chi connectivity index (χ1v) is 6.20. The van der Waals surface area contributed by atoms with Crippen LogP contribution in [0.3, 0.4) is 0 Å². The Balaban J connectivity index is 2.23. The van der Waals surface area contributed by atoms with Crippen LogP contribution in [0.4, 0.5) is 0 Å². The van der Waals surface area contributed by atoms with Gasteiger partial charge in [0.15, 0.2) is 5.82 Å². The number of rotatable bonds is 4. The second-order valence-corrected chi connectivity index (χ2v) is 4.68. The van der Waals surface area contributed by atoms with Crippen LogP contribution in [0, 0.1) is 6.92 Å². The summed E-state index contributed by atoms with van der Waals surface area (Å²) < 4.78 is 8.96. The van der Waals surface area contributed by atoms with Crippen molar-refractivity contribution in [1.29, 1.82) is 0 Å². The molecule has 0 saturated carbocycles. The maximum absolute atomic E-state index is 6.11. The Morgan fingerprint density at radius 2 is 2.31 bits per heavy atom. The lowest BCUT2D eigenvalue weighted by Gasteiger charge is -1.99. The summed E-state index contributed by atoms with van der Waals surface area (Å²) >= 11 is 7.35. The van der Waals surface area contributed by atoms with Gasteiger partial charge >= 0.3 is 0 Å². The van der Waals surface area contributed by atoms with E-state index in [-0.39, 0.29) is 5.38 Å². The second-order valence-electron chi connectivity index (χ2n) is 3.40. The molecule has 2 rings (SSSR count). The van der Waals surface area contributed by atoms with Gasteiger partial charge in [0.2, 0.25) is 0 Å². The molecule has 0 aliphatic heterocycles. The fourth-order valence-electron chi connectivity index (χ4n) is 1.26. The minimum absolute atomic E-state index is 0.191. The monoisotopic (exact) mass is 258 g/mol. The van der Waals surface area contributed by atoms with Crippen LogP contribution in [0.5, 0.6) is 0 Å². The fraction of sp³-hybridized carbons (Fsp3) is 0.556. The van der Waals surface area contributed by atoms with E-state index in [1.54, 1.807) is 0 Å². The highest BCUT2D eigenvalue weighted by Gasteiger charge is 2.18. The van der Waals surface area contributed by atoms with Crippen molar-refractivity contribution < 1.29 is 4.52 Å². The van der Waals surface area contributed by atoms with E-state index < -0.39 is 0 Å². The molecule has 2 aromatic rings. The van der Waals surface area contributed by atoms with Crippen molar-refractivity contribution in [2.24, 2.45) is 0 Å². The van der Waals surface area contributed by atoms with Gasteiger partial charge in [0.25, 0.3) is 5.89 Å². The second kappa shape index (κ2) is 4.88. The molecule has 1 unspecified atom stereocenters. The zero-order valence-electron chi connectivity index (χ0n) is 8.97. The number of aromatic nitrogens is 4. The number of aryl methyl sites for hydroxylation is 1. The Morgan fingerprint density at radius 1 is 1.50 bits per heavy atom. The Morgan fingerprint density at radius 3 is 2.94 bits per heavy atom.